The molecule has 0 spiro atoms. The van der Waals surface area contributed by atoms with Crippen LogP contribution in [0.4, 0.5) is 0 Å². The fourth-order valence-corrected chi connectivity index (χ4v) is 1.70. The molecular formula is C14H21NO. The van der Waals surface area contributed by atoms with Gasteiger partial charge in [0.1, 0.15) is 5.75 Å². The molecule has 0 bridgehead atoms. The van der Waals surface area contributed by atoms with Gasteiger partial charge in [-0.3, -0.25) is 0 Å². The summed E-state index contributed by atoms with van der Waals surface area (Å²) in [6, 6.07) is 8.30. The van der Waals surface area contributed by atoms with E-state index in [1.54, 1.807) is 0 Å². The van der Waals surface area contributed by atoms with Crippen LogP contribution < -0.4 is 10.5 Å². The second-order valence-electron chi connectivity index (χ2n) is 5.10. The molecule has 0 aliphatic heterocycles. The molecule has 2 heteroatoms. The van der Waals surface area contributed by atoms with E-state index in [0.717, 1.165) is 18.3 Å². The van der Waals surface area contributed by atoms with Crippen LogP contribution in [0.3, 0.4) is 0 Å². The molecule has 0 heterocycles. The summed E-state index contributed by atoms with van der Waals surface area (Å²) in [7, 11) is 0. The van der Waals surface area contributed by atoms with Crippen molar-refractivity contribution in [2.24, 2.45) is 17.6 Å². The van der Waals surface area contributed by atoms with Crippen LogP contribution in [0.5, 0.6) is 5.75 Å². The van der Waals surface area contributed by atoms with Gasteiger partial charge in [-0.1, -0.05) is 26.0 Å². The predicted octanol–water partition coefficient (Wildman–Crippen LogP) is 3.13. The number of rotatable bonds is 5. The van der Waals surface area contributed by atoms with Gasteiger partial charge >= 0.3 is 0 Å². The van der Waals surface area contributed by atoms with E-state index in [9.17, 15) is 0 Å². The summed E-state index contributed by atoms with van der Waals surface area (Å²) in [6.07, 6.45) is 2.65. The first-order valence-corrected chi connectivity index (χ1v) is 6.15. The van der Waals surface area contributed by atoms with Gasteiger partial charge in [-0.25, -0.2) is 0 Å². The third kappa shape index (κ3) is 2.99. The molecule has 2 rings (SSSR count). The van der Waals surface area contributed by atoms with Crippen molar-refractivity contribution >= 4 is 0 Å². The third-order valence-corrected chi connectivity index (χ3v) is 3.14. The Morgan fingerprint density at radius 1 is 1.38 bits per heavy atom. The Balaban J connectivity index is 1.99. The van der Waals surface area contributed by atoms with Gasteiger partial charge < -0.3 is 10.5 Å². The number of hydrogen-bond acceptors (Lipinski definition) is 2. The van der Waals surface area contributed by atoms with E-state index in [1.165, 1.54) is 18.4 Å². The molecular weight excluding hydrogens is 198 g/mol. The van der Waals surface area contributed by atoms with E-state index < -0.39 is 0 Å². The number of hydrogen-bond donors (Lipinski definition) is 1. The van der Waals surface area contributed by atoms with Crippen LogP contribution in [0.2, 0.25) is 0 Å². The Hall–Kier alpha value is -1.02. The molecule has 0 saturated heterocycles. The summed E-state index contributed by atoms with van der Waals surface area (Å²) in [5.74, 6) is 2.21. The molecule has 88 valence electrons. The van der Waals surface area contributed by atoms with E-state index in [2.05, 4.69) is 26.0 Å². The summed E-state index contributed by atoms with van der Waals surface area (Å²) < 4.78 is 5.74. The first-order valence-electron chi connectivity index (χ1n) is 6.15. The lowest BCUT2D eigenvalue weighted by atomic mass is 9.97. The maximum absolute atomic E-state index is 6.12. The van der Waals surface area contributed by atoms with Crippen LogP contribution >= 0.6 is 0 Å². The van der Waals surface area contributed by atoms with Gasteiger partial charge in [-0.15, -0.1) is 0 Å². The van der Waals surface area contributed by atoms with Crippen molar-refractivity contribution in [2.75, 3.05) is 6.61 Å². The highest BCUT2D eigenvalue weighted by atomic mass is 16.5. The van der Waals surface area contributed by atoms with Crippen LogP contribution in [0, 0.1) is 11.8 Å². The number of nitrogens with two attached hydrogens (primary N) is 1. The van der Waals surface area contributed by atoms with Crippen molar-refractivity contribution in [2.45, 2.75) is 32.7 Å². The van der Waals surface area contributed by atoms with Crippen LogP contribution in [0.25, 0.3) is 0 Å². The monoisotopic (exact) mass is 219 g/mol. The Morgan fingerprint density at radius 3 is 2.75 bits per heavy atom. The molecule has 1 unspecified atom stereocenters. The van der Waals surface area contributed by atoms with E-state index >= 15 is 0 Å². The molecule has 0 radical (unpaired) electrons. The summed E-state index contributed by atoms with van der Waals surface area (Å²) >= 11 is 0. The van der Waals surface area contributed by atoms with Crippen LogP contribution in [-0.4, -0.2) is 6.61 Å². The highest BCUT2D eigenvalue weighted by Crippen LogP contribution is 2.30. The first-order chi connectivity index (χ1) is 7.66. The van der Waals surface area contributed by atoms with Gasteiger partial charge in [-0.05, 0) is 42.4 Å². The Kier molecular flexibility index (Phi) is 3.49. The van der Waals surface area contributed by atoms with Crippen molar-refractivity contribution in [1.82, 2.24) is 0 Å². The molecule has 0 amide bonds. The average Bonchev–Trinajstić information content (AvgIpc) is 3.09. The van der Waals surface area contributed by atoms with Gasteiger partial charge in [-0.2, -0.15) is 0 Å². The highest BCUT2D eigenvalue weighted by molar-refractivity contribution is 5.30. The number of ether oxygens (including phenoxy) is 1. The predicted molar refractivity (Wildman–Crippen MR) is 66.4 cm³/mol. The molecule has 2 N–H and O–H groups in total. The zero-order valence-corrected chi connectivity index (χ0v) is 10.1. The number of benzene rings is 1. The van der Waals surface area contributed by atoms with Crippen LogP contribution in [0.15, 0.2) is 24.3 Å². The van der Waals surface area contributed by atoms with Crippen LogP contribution in [0.1, 0.15) is 38.3 Å². The summed E-state index contributed by atoms with van der Waals surface area (Å²) in [5.41, 5.74) is 7.29. The largest absolute Gasteiger partial charge is 0.493 e. The molecule has 2 nitrogen and oxygen atoms in total. The van der Waals surface area contributed by atoms with Gasteiger partial charge in [0.05, 0.1) is 6.61 Å². The lowest BCUT2D eigenvalue weighted by molar-refractivity contribution is 0.299. The Labute approximate surface area is 97.8 Å². The minimum absolute atomic E-state index is 0.101. The van der Waals surface area contributed by atoms with Crippen molar-refractivity contribution in [3.63, 3.8) is 0 Å². The topological polar surface area (TPSA) is 35.2 Å². The Morgan fingerprint density at radius 2 is 2.12 bits per heavy atom. The lowest BCUT2D eigenvalue weighted by Crippen LogP contribution is -2.16. The molecule has 1 fully saturated rings. The minimum atomic E-state index is 0.101. The quantitative estimate of drug-likeness (QED) is 0.825. The molecule has 1 aliphatic carbocycles. The molecule has 1 aliphatic rings. The maximum atomic E-state index is 6.12. The molecule has 1 saturated carbocycles. The second kappa shape index (κ2) is 4.88. The molecule has 0 aromatic heterocycles. The SMILES string of the molecule is CC(C)C(N)c1cccc(OCC2CC2)c1. The summed E-state index contributed by atoms with van der Waals surface area (Å²) in [4.78, 5) is 0. The van der Waals surface area contributed by atoms with E-state index in [1.807, 2.05) is 12.1 Å². The van der Waals surface area contributed by atoms with E-state index in [-0.39, 0.29) is 6.04 Å². The van der Waals surface area contributed by atoms with Crippen molar-refractivity contribution < 1.29 is 4.74 Å². The zero-order chi connectivity index (χ0) is 11.5. The van der Waals surface area contributed by atoms with Gasteiger partial charge in [0.25, 0.3) is 0 Å². The highest BCUT2D eigenvalue weighted by Gasteiger charge is 2.22. The van der Waals surface area contributed by atoms with Gasteiger partial charge in [0, 0.05) is 6.04 Å². The fourth-order valence-electron chi connectivity index (χ4n) is 1.70. The molecule has 1 aromatic rings. The molecule has 1 atom stereocenters. The van der Waals surface area contributed by atoms with Crippen molar-refractivity contribution in [1.29, 1.82) is 0 Å². The third-order valence-electron chi connectivity index (χ3n) is 3.14. The van der Waals surface area contributed by atoms with Crippen molar-refractivity contribution in [3.05, 3.63) is 29.8 Å². The molecule has 16 heavy (non-hydrogen) atoms. The summed E-state index contributed by atoms with van der Waals surface area (Å²) in [6.45, 7) is 5.14. The lowest BCUT2D eigenvalue weighted by Gasteiger charge is -2.17. The Bertz CT molecular complexity index is 344. The van der Waals surface area contributed by atoms with Gasteiger partial charge in [0.15, 0.2) is 0 Å². The summed E-state index contributed by atoms with van der Waals surface area (Å²) in [5, 5.41) is 0. The zero-order valence-electron chi connectivity index (χ0n) is 10.1. The average molecular weight is 219 g/mol. The smallest absolute Gasteiger partial charge is 0.119 e. The van der Waals surface area contributed by atoms with Crippen LogP contribution in [-0.2, 0) is 0 Å². The standard InChI is InChI=1S/C14H21NO/c1-10(2)14(15)12-4-3-5-13(8-12)16-9-11-6-7-11/h3-5,8,10-11,14H,6-7,9,15H2,1-2H3. The van der Waals surface area contributed by atoms with Gasteiger partial charge in [0.2, 0.25) is 0 Å². The fraction of sp³-hybridized carbons (Fsp3) is 0.571. The second-order valence-corrected chi connectivity index (χ2v) is 5.10. The van der Waals surface area contributed by atoms with E-state index in [0.29, 0.717) is 5.92 Å². The van der Waals surface area contributed by atoms with E-state index in [4.69, 9.17) is 10.5 Å². The first kappa shape index (κ1) is 11.5. The molecule has 1 aromatic carbocycles. The maximum Gasteiger partial charge on any atom is 0.119 e. The minimum Gasteiger partial charge on any atom is -0.493 e. The van der Waals surface area contributed by atoms with Crippen molar-refractivity contribution in [3.8, 4) is 5.75 Å². The normalized spacial score (nSPS) is 17.5.